The zero-order valence-electron chi connectivity index (χ0n) is 10.4. The summed E-state index contributed by atoms with van der Waals surface area (Å²) in [6, 6.07) is 8.08. The van der Waals surface area contributed by atoms with Gasteiger partial charge in [-0.1, -0.05) is 0 Å². The van der Waals surface area contributed by atoms with E-state index < -0.39 is 4.92 Å². The summed E-state index contributed by atoms with van der Waals surface area (Å²) in [6.45, 7) is 0.456. The van der Waals surface area contributed by atoms with Crippen molar-refractivity contribution in [2.24, 2.45) is 0 Å². The highest BCUT2D eigenvalue weighted by atomic mass is 79.9. The fraction of sp³-hybridized carbons (Fsp3) is 0.0769. The first kappa shape index (κ1) is 16.3. The van der Waals surface area contributed by atoms with Crippen molar-refractivity contribution in [3.63, 3.8) is 0 Å². The molecule has 0 aromatic heterocycles. The van der Waals surface area contributed by atoms with Crippen LogP contribution in [-0.2, 0) is 6.54 Å². The Labute approximate surface area is 145 Å². The Hall–Kier alpha value is -1.12. The Bertz CT molecular complexity index is 684. The van der Waals surface area contributed by atoms with Crippen LogP contribution in [0.1, 0.15) is 5.56 Å². The fourth-order valence-electron chi connectivity index (χ4n) is 1.68. The minimum absolute atomic E-state index is 0.0220. The van der Waals surface area contributed by atoms with Gasteiger partial charge in [0, 0.05) is 23.2 Å². The van der Waals surface area contributed by atoms with Crippen molar-refractivity contribution in [3.8, 4) is 5.75 Å². The molecular formula is C13H9Br3N2O3. The van der Waals surface area contributed by atoms with E-state index in [2.05, 4.69) is 53.1 Å². The predicted octanol–water partition coefficient (Wildman–Crippen LogP) is 5.20. The molecule has 0 aliphatic rings. The van der Waals surface area contributed by atoms with Gasteiger partial charge in [0.2, 0.25) is 0 Å². The molecule has 2 rings (SSSR count). The van der Waals surface area contributed by atoms with Gasteiger partial charge in [0.05, 0.1) is 19.6 Å². The smallest absolute Gasteiger partial charge is 0.271 e. The van der Waals surface area contributed by atoms with Crippen LogP contribution in [0, 0.1) is 10.1 Å². The Morgan fingerprint density at radius 3 is 2.29 bits per heavy atom. The van der Waals surface area contributed by atoms with Gasteiger partial charge in [-0.15, -0.1) is 0 Å². The Kier molecular flexibility index (Phi) is 5.23. The topological polar surface area (TPSA) is 75.4 Å². The molecule has 2 N–H and O–H groups in total. The second-order valence-electron chi connectivity index (χ2n) is 4.18. The average molecular weight is 481 g/mol. The predicted molar refractivity (Wildman–Crippen MR) is 91.6 cm³/mol. The van der Waals surface area contributed by atoms with E-state index in [1.54, 1.807) is 18.2 Å². The van der Waals surface area contributed by atoms with Crippen molar-refractivity contribution in [1.82, 2.24) is 0 Å². The monoisotopic (exact) mass is 478 g/mol. The summed E-state index contributed by atoms with van der Waals surface area (Å²) in [4.78, 5) is 10.3. The Morgan fingerprint density at radius 2 is 1.71 bits per heavy atom. The summed E-state index contributed by atoms with van der Waals surface area (Å²) >= 11 is 9.87. The molecule has 0 radical (unpaired) electrons. The highest BCUT2D eigenvalue weighted by Gasteiger charge is 2.10. The maximum Gasteiger partial charge on any atom is 0.271 e. The molecular weight excluding hydrogens is 472 g/mol. The van der Waals surface area contributed by atoms with E-state index in [0.717, 1.165) is 10.0 Å². The number of hydrogen-bond donors (Lipinski definition) is 2. The Morgan fingerprint density at radius 1 is 1.10 bits per heavy atom. The van der Waals surface area contributed by atoms with Gasteiger partial charge in [0.15, 0.2) is 0 Å². The van der Waals surface area contributed by atoms with Gasteiger partial charge in [0.25, 0.3) is 5.69 Å². The van der Waals surface area contributed by atoms with Crippen molar-refractivity contribution in [2.45, 2.75) is 6.54 Å². The summed E-state index contributed by atoms with van der Waals surface area (Å²) < 4.78 is 1.89. The molecule has 0 saturated heterocycles. The second kappa shape index (κ2) is 6.76. The molecule has 0 unspecified atom stereocenters. The van der Waals surface area contributed by atoms with Crippen LogP contribution in [0.4, 0.5) is 11.4 Å². The van der Waals surface area contributed by atoms with Crippen molar-refractivity contribution < 1.29 is 10.0 Å². The number of hydrogen-bond acceptors (Lipinski definition) is 4. The van der Waals surface area contributed by atoms with Crippen LogP contribution in [0.2, 0.25) is 0 Å². The molecule has 0 amide bonds. The van der Waals surface area contributed by atoms with Gasteiger partial charge < -0.3 is 10.4 Å². The van der Waals surface area contributed by atoms with Crippen molar-refractivity contribution >= 4 is 59.2 Å². The number of rotatable bonds is 4. The molecule has 0 spiro atoms. The molecule has 0 heterocycles. The van der Waals surface area contributed by atoms with E-state index in [1.165, 1.54) is 12.1 Å². The number of nitrogens with one attached hydrogen (secondary N) is 1. The highest BCUT2D eigenvalue weighted by Crippen LogP contribution is 2.34. The van der Waals surface area contributed by atoms with Crippen LogP contribution in [-0.4, -0.2) is 10.0 Å². The number of nitro benzene ring substituents is 1. The molecule has 0 aliphatic heterocycles. The van der Waals surface area contributed by atoms with Crippen molar-refractivity contribution in [1.29, 1.82) is 0 Å². The van der Waals surface area contributed by atoms with E-state index in [1.807, 2.05) is 0 Å². The molecule has 0 fully saturated rings. The van der Waals surface area contributed by atoms with E-state index in [4.69, 9.17) is 0 Å². The van der Waals surface area contributed by atoms with Crippen LogP contribution in [0.25, 0.3) is 0 Å². The average Bonchev–Trinajstić information content (AvgIpc) is 2.43. The molecule has 0 bridgehead atoms. The summed E-state index contributed by atoms with van der Waals surface area (Å²) in [5, 5.41) is 23.6. The molecule has 110 valence electrons. The first-order chi connectivity index (χ1) is 9.88. The zero-order valence-corrected chi connectivity index (χ0v) is 15.2. The molecule has 8 heteroatoms. The molecule has 0 atom stereocenters. The van der Waals surface area contributed by atoms with Gasteiger partial charge in [-0.25, -0.2) is 0 Å². The summed E-state index contributed by atoms with van der Waals surface area (Å²) in [6.07, 6.45) is 0. The molecule has 2 aromatic rings. The lowest BCUT2D eigenvalue weighted by molar-refractivity contribution is -0.384. The van der Waals surface area contributed by atoms with Crippen LogP contribution < -0.4 is 5.32 Å². The molecule has 0 saturated carbocycles. The van der Waals surface area contributed by atoms with E-state index in [-0.39, 0.29) is 11.4 Å². The largest absolute Gasteiger partial charge is 0.506 e. The number of nitro groups is 1. The van der Waals surface area contributed by atoms with Gasteiger partial charge in [0.1, 0.15) is 5.75 Å². The van der Waals surface area contributed by atoms with E-state index in [9.17, 15) is 15.2 Å². The maximum absolute atomic E-state index is 10.8. The molecule has 2 aromatic carbocycles. The summed E-state index contributed by atoms with van der Waals surface area (Å²) in [5.41, 5.74) is 1.56. The minimum atomic E-state index is -0.439. The van der Waals surface area contributed by atoms with Gasteiger partial charge in [-0.05, 0) is 71.6 Å². The second-order valence-corrected chi connectivity index (χ2v) is 6.75. The standard InChI is InChI=1S/C13H9Br3N2O3/c14-9-2-1-8(18(20)21)5-12(9)17-6-7-3-10(15)13(19)11(16)4-7/h1-5,17,19H,6H2. The third-order valence-corrected chi connectivity index (χ3v) is 4.62. The molecule has 0 aliphatic carbocycles. The van der Waals surface area contributed by atoms with Crippen molar-refractivity contribution in [2.75, 3.05) is 5.32 Å². The maximum atomic E-state index is 10.8. The number of phenolic OH excluding ortho intramolecular Hbond substituents is 1. The number of phenols is 1. The van der Waals surface area contributed by atoms with Crippen LogP contribution >= 0.6 is 47.8 Å². The SMILES string of the molecule is O=[N+]([O-])c1ccc(Br)c(NCc2cc(Br)c(O)c(Br)c2)c1. The van der Waals surface area contributed by atoms with Gasteiger partial charge in [-0.3, -0.25) is 10.1 Å². The van der Waals surface area contributed by atoms with Gasteiger partial charge in [-0.2, -0.15) is 0 Å². The lowest BCUT2D eigenvalue weighted by Gasteiger charge is -2.10. The van der Waals surface area contributed by atoms with Crippen LogP contribution in [0.3, 0.4) is 0 Å². The number of benzene rings is 2. The molecule has 21 heavy (non-hydrogen) atoms. The van der Waals surface area contributed by atoms with Crippen molar-refractivity contribution in [3.05, 3.63) is 59.4 Å². The normalized spacial score (nSPS) is 10.4. The minimum Gasteiger partial charge on any atom is -0.506 e. The fourth-order valence-corrected chi connectivity index (χ4v) is 3.35. The molecule has 5 nitrogen and oxygen atoms in total. The summed E-state index contributed by atoms with van der Waals surface area (Å²) in [7, 11) is 0. The number of anilines is 1. The zero-order chi connectivity index (χ0) is 15.6. The number of aromatic hydroxyl groups is 1. The quantitative estimate of drug-likeness (QED) is 0.466. The number of halogens is 3. The van der Waals surface area contributed by atoms with Crippen LogP contribution in [0.15, 0.2) is 43.7 Å². The number of nitrogens with zero attached hydrogens (tertiary/aromatic N) is 1. The van der Waals surface area contributed by atoms with E-state index >= 15 is 0 Å². The van der Waals surface area contributed by atoms with E-state index in [0.29, 0.717) is 21.2 Å². The lowest BCUT2D eigenvalue weighted by atomic mass is 10.2. The number of non-ortho nitro benzene ring substituents is 1. The first-order valence-corrected chi connectivity index (χ1v) is 8.11. The highest BCUT2D eigenvalue weighted by molar-refractivity contribution is 9.11. The third-order valence-electron chi connectivity index (χ3n) is 2.72. The first-order valence-electron chi connectivity index (χ1n) is 5.73. The Balaban J connectivity index is 2.20. The van der Waals surface area contributed by atoms with Gasteiger partial charge >= 0.3 is 0 Å². The van der Waals surface area contributed by atoms with Crippen LogP contribution in [0.5, 0.6) is 5.75 Å². The lowest BCUT2D eigenvalue weighted by Crippen LogP contribution is -2.01. The summed E-state index contributed by atoms with van der Waals surface area (Å²) in [5.74, 6) is 0.135. The third kappa shape index (κ3) is 3.96.